The zero-order valence-corrected chi connectivity index (χ0v) is 5.17. The lowest BCUT2D eigenvalue weighted by Crippen LogP contribution is -3.00. The molecule has 0 aromatic carbocycles. The molecule has 1 rings (SSSR count). The summed E-state index contributed by atoms with van der Waals surface area (Å²) >= 11 is 0. The summed E-state index contributed by atoms with van der Waals surface area (Å²) in [5.41, 5.74) is 1.12. The fourth-order valence-electron chi connectivity index (χ4n) is 0.604. The van der Waals surface area contributed by atoms with Crippen LogP contribution in [0.1, 0.15) is 0 Å². The van der Waals surface area contributed by atoms with Crippen LogP contribution in [0.4, 0.5) is 0 Å². The average molecular weight is 127 g/mol. The summed E-state index contributed by atoms with van der Waals surface area (Å²) in [5, 5.41) is 0. The van der Waals surface area contributed by atoms with E-state index in [2.05, 4.69) is 0 Å². The van der Waals surface area contributed by atoms with Gasteiger partial charge in [-0.3, -0.25) is 0 Å². The lowest BCUT2D eigenvalue weighted by atomic mass is 10.3. The van der Waals surface area contributed by atoms with Gasteiger partial charge in [0, 0.05) is 5.57 Å². The number of methoxy groups -OCH3 is 1. The summed E-state index contributed by atoms with van der Waals surface area (Å²) in [7, 11) is 1.65. The van der Waals surface area contributed by atoms with Crippen molar-refractivity contribution >= 4 is 0 Å². The van der Waals surface area contributed by atoms with Crippen LogP contribution in [0.5, 0.6) is 0 Å². The van der Waals surface area contributed by atoms with E-state index in [0.717, 1.165) is 5.57 Å². The first-order valence-electron chi connectivity index (χ1n) is 2.51. The van der Waals surface area contributed by atoms with Crippen LogP contribution in [0.25, 0.3) is 0 Å². The molecule has 0 bridgehead atoms. The van der Waals surface area contributed by atoms with E-state index in [1.807, 2.05) is 24.3 Å². The lowest BCUT2D eigenvalue weighted by molar-refractivity contribution is -0.00000187. The molecule has 0 aliphatic heterocycles. The van der Waals surface area contributed by atoms with Crippen LogP contribution in [0.15, 0.2) is 36.1 Å². The minimum Gasteiger partial charge on any atom is -1.00 e. The molecule has 0 radical (unpaired) electrons. The number of hydrogen-bond acceptors (Lipinski definition) is 1. The maximum absolute atomic E-state index is 4.76. The third kappa shape index (κ3) is 2.13. The molecule has 0 fully saturated rings. The highest BCUT2D eigenvalue weighted by atomic mass is 19.0. The molecular weight excluding hydrogens is 119 g/mol. The summed E-state index contributed by atoms with van der Waals surface area (Å²) in [6, 6.07) is 0. The predicted octanol–water partition coefficient (Wildman–Crippen LogP) is -1.35. The van der Waals surface area contributed by atoms with Gasteiger partial charge in [0.25, 0.3) is 0 Å². The van der Waals surface area contributed by atoms with Crippen LogP contribution in [0.2, 0.25) is 0 Å². The van der Waals surface area contributed by atoms with Gasteiger partial charge in [0.05, 0.1) is 13.4 Å². The van der Waals surface area contributed by atoms with Crippen molar-refractivity contribution < 1.29 is 9.44 Å². The van der Waals surface area contributed by atoms with Crippen LogP contribution in [0, 0.1) is 0 Å². The Morgan fingerprint density at radius 2 is 1.89 bits per heavy atom. The van der Waals surface area contributed by atoms with E-state index in [1.165, 1.54) is 0 Å². The molecule has 0 amide bonds. The van der Waals surface area contributed by atoms with Crippen molar-refractivity contribution in [3.63, 3.8) is 0 Å². The summed E-state index contributed by atoms with van der Waals surface area (Å²) in [6.45, 7) is 0. The van der Waals surface area contributed by atoms with Gasteiger partial charge in [-0.25, -0.2) is 0 Å². The smallest absolute Gasteiger partial charge is 0.0896 e. The van der Waals surface area contributed by atoms with Crippen LogP contribution in [-0.2, 0) is 4.74 Å². The third-order valence-corrected chi connectivity index (χ3v) is 0.942. The van der Waals surface area contributed by atoms with Gasteiger partial charge in [0.1, 0.15) is 0 Å². The molecule has 0 heterocycles. The Morgan fingerprint density at radius 3 is 2.33 bits per heavy atom. The number of allylic oxidation sites excluding steroid dienone is 5. The second-order valence-corrected chi connectivity index (χ2v) is 1.57. The van der Waals surface area contributed by atoms with Crippen LogP contribution in [-0.4, -0.2) is 7.11 Å². The predicted molar refractivity (Wildman–Crippen MR) is 33.4 cm³/mol. The van der Waals surface area contributed by atoms with E-state index >= 15 is 0 Å². The molecular formula is C7H8FO-. The minimum atomic E-state index is 0. The first kappa shape index (κ1) is 7.95. The van der Waals surface area contributed by atoms with Crippen molar-refractivity contribution in [2.75, 3.05) is 7.11 Å². The molecule has 0 spiro atoms. The monoisotopic (exact) mass is 127 g/mol. The van der Waals surface area contributed by atoms with Crippen molar-refractivity contribution in [3.05, 3.63) is 36.1 Å². The van der Waals surface area contributed by atoms with Crippen molar-refractivity contribution in [1.82, 2.24) is 0 Å². The molecule has 1 aliphatic rings. The summed E-state index contributed by atoms with van der Waals surface area (Å²) in [4.78, 5) is 0. The Morgan fingerprint density at radius 1 is 1.33 bits per heavy atom. The standard InChI is InChI=1S/C7H8O.FH/c1-8-6-7-4-2-3-5-7;/h2-6H,1H3;1H/p-1. The summed E-state index contributed by atoms with van der Waals surface area (Å²) in [5.74, 6) is 0. The average Bonchev–Trinajstić information content (AvgIpc) is 2.19. The van der Waals surface area contributed by atoms with Gasteiger partial charge >= 0.3 is 0 Å². The largest absolute Gasteiger partial charge is 1.00 e. The fraction of sp³-hybridized carbons (Fsp3) is 0.143. The molecule has 0 N–H and O–H groups in total. The van der Waals surface area contributed by atoms with E-state index in [9.17, 15) is 0 Å². The van der Waals surface area contributed by atoms with Crippen LogP contribution < -0.4 is 4.70 Å². The van der Waals surface area contributed by atoms with Gasteiger partial charge in [-0.05, 0) is 0 Å². The van der Waals surface area contributed by atoms with Gasteiger partial charge in [-0.1, -0.05) is 24.3 Å². The SMILES string of the molecule is COC=C1C=CC=C1.[F-]. The highest BCUT2D eigenvalue weighted by molar-refractivity contribution is 5.38. The molecule has 1 aliphatic carbocycles. The third-order valence-electron chi connectivity index (χ3n) is 0.942. The Labute approximate surface area is 53.7 Å². The molecule has 1 nitrogen and oxygen atoms in total. The maximum atomic E-state index is 4.76. The summed E-state index contributed by atoms with van der Waals surface area (Å²) in [6.07, 6.45) is 9.64. The van der Waals surface area contributed by atoms with Crippen LogP contribution >= 0.6 is 0 Å². The highest BCUT2D eigenvalue weighted by Gasteiger charge is 1.87. The number of halogens is 1. The zero-order chi connectivity index (χ0) is 5.82. The minimum absolute atomic E-state index is 0. The molecule has 0 atom stereocenters. The molecule has 0 saturated carbocycles. The van der Waals surface area contributed by atoms with E-state index < -0.39 is 0 Å². The normalized spacial score (nSPS) is 13.2. The van der Waals surface area contributed by atoms with E-state index in [4.69, 9.17) is 4.74 Å². The van der Waals surface area contributed by atoms with Crippen molar-refractivity contribution in [2.24, 2.45) is 0 Å². The van der Waals surface area contributed by atoms with E-state index in [-0.39, 0.29) is 4.70 Å². The van der Waals surface area contributed by atoms with E-state index in [0.29, 0.717) is 0 Å². The van der Waals surface area contributed by atoms with Gasteiger partial charge in [-0.2, -0.15) is 0 Å². The highest BCUT2D eigenvalue weighted by Crippen LogP contribution is 2.05. The molecule has 50 valence electrons. The molecule has 0 aromatic heterocycles. The second-order valence-electron chi connectivity index (χ2n) is 1.57. The van der Waals surface area contributed by atoms with Gasteiger partial charge in [-0.15, -0.1) is 0 Å². The maximum Gasteiger partial charge on any atom is 0.0896 e. The van der Waals surface area contributed by atoms with Crippen molar-refractivity contribution in [2.45, 2.75) is 0 Å². The first-order chi connectivity index (χ1) is 3.93. The molecule has 2 heteroatoms. The van der Waals surface area contributed by atoms with Crippen molar-refractivity contribution in [3.8, 4) is 0 Å². The molecule has 0 saturated heterocycles. The Balaban J connectivity index is 0.000000640. The molecule has 0 unspecified atom stereocenters. The second kappa shape index (κ2) is 3.89. The number of hydrogen-bond donors (Lipinski definition) is 0. The Bertz CT molecular complexity index is 142. The molecule has 9 heavy (non-hydrogen) atoms. The van der Waals surface area contributed by atoms with Gasteiger partial charge in [0.2, 0.25) is 0 Å². The van der Waals surface area contributed by atoms with Gasteiger partial charge < -0.3 is 9.44 Å². The van der Waals surface area contributed by atoms with Crippen molar-refractivity contribution in [1.29, 1.82) is 0 Å². The Kier molecular flexibility index (Phi) is 3.44. The molecule has 0 aromatic rings. The zero-order valence-electron chi connectivity index (χ0n) is 5.17. The van der Waals surface area contributed by atoms with Gasteiger partial charge in [0.15, 0.2) is 0 Å². The number of rotatable bonds is 1. The summed E-state index contributed by atoms with van der Waals surface area (Å²) < 4.78 is 4.76. The fourth-order valence-corrected chi connectivity index (χ4v) is 0.604. The topological polar surface area (TPSA) is 9.23 Å². The van der Waals surface area contributed by atoms with E-state index in [1.54, 1.807) is 13.4 Å². The quantitative estimate of drug-likeness (QED) is 0.396. The number of ether oxygens (including phenoxy) is 1. The Hall–Kier alpha value is -1.05. The van der Waals surface area contributed by atoms with Crippen LogP contribution in [0.3, 0.4) is 0 Å². The first-order valence-corrected chi connectivity index (χ1v) is 2.51. The lowest BCUT2D eigenvalue weighted by Gasteiger charge is -1.86.